The van der Waals surface area contributed by atoms with Gasteiger partial charge in [0, 0.05) is 31.0 Å². The van der Waals surface area contributed by atoms with Crippen molar-refractivity contribution in [3.63, 3.8) is 0 Å². The van der Waals surface area contributed by atoms with Gasteiger partial charge in [-0.25, -0.2) is 9.97 Å². The van der Waals surface area contributed by atoms with Gasteiger partial charge in [-0.2, -0.15) is 5.10 Å². The zero-order valence-corrected chi connectivity index (χ0v) is 15.7. The highest BCUT2D eigenvalue weighted by Crippen LogP contribution is 2.20. The lowest BCUT2D eigenvalue weighted by molar-refractivity contribution is -0.126. The normalized spacial score (nSPS) is 16.3. The molecule has 1 fully saturated rings. The smallest absolute Gasteiger partial charge is 0.287 e. The van der Waals surface area contributed by atoms with E-state index in [9.17, 15) is 9.59 Å². The summed E-state index contributed by atoms with van der Waals surface area (Å²) >= 11 is 0. The van der Waals surface area contributed by atoms with Gasteiger partial charge >= 0.3 is 0 Å². The minimum absolute atomic E-state index is 0.234. The van der Waals surface area contributed by atoms with Crippen molar-refractivity contribution in [2.45, 2.75) is 12.8 Å². The Labute approximate surface area is 167 Å². The van der Waals surface area contributed by atoms with Crippen LogP contribution in [0, 0.1) is 5.92 Å². The molecule has 1 aliphatic rings. The predicted molar refractivity (Wildman–Crippen MR) is 107 cm³/mol. The Balaban J connectivity index is 1.32. The number of rotatable bonds is 4. The third-order valence-corrected chi connectivity index (χ3v) is 4.82. The van der Waals surface area contributed by atoms with Crippen molar-refractivity contribution >= 4 is 17.8 Å². The average Bonchev–Trinajstić information content (AvgIpc) is 3.29. The van der Waals surface area contributed by atoms with Crippen LogP contribution in [0.3, 0.4) is 0 Å². The number of amides is 2. The van der Waals surface area contributed by atoms with Gasteiger partial charge in [0.25, 0.3) is 5.91 Å². The SMILES string of the molecule is O=C(NNC(=O)C1CCCN(c2ncccn2)C1)c1cc(-c2ccccc2)n[nH]1. The first-order valence-corrected chi connectivity index (χ1v) is 9.44. The van der Waals surface area contributed by atoms with Gasteiger partial charge in [-0.05, 0) is 25.0 Å². The Morgan fingerprint density at radius 1 is 1.07 bits per heavy atom. The van der Waals surface area contributed by atoms with Crippen molar-refractivity contribution in [3.05, 3.63) is 60.6 Å². The molecule has 0 saturated carbocycles. The number of hydrogen-bond acceptors (Lipinski definition) is 6. The molecule has 1 saturated heterocycles. The van der Waals surface area contributed by atoms with E-state index in [0.29, 0.717) is 18.2 Å². The molecule has 0 bridgehead atoms. The summed E-state index contributed by atoms with van der Waals surface area (Å²) in [4.78, 5) is 35.3. The third-order valence-electron chi connectivity index (χ3n) is 4.82. The minimum atomic E-state index is -0.452. The summed E-state index contributed by atoms with van der Waals surface area (Å²) < 4.78 is 0. The number of hydrogen-bond donors (Lipinski definition) is 3. The van der Waals surface area contributed by atoms with E-state index in [0.717, 1.165) is 24.9 Å². The molecule has 148 valence electrons. The van der Waals surface area contributed by atoms with E-state index in [1.807, 2.05) is 35.2 Å². The van der Waals surface area contributed by atoms with Gasteiger partial charge in [0.15, 0.2) is 0 Å². The Hall–Kier alpha value is -3.75. The van der Waals surface area contributed by atoms with Crippen molar-refractivity contribution in [2.24, 2.45) is 5.92 Å². The summed E-state index contributed by atoms with van der Waals surface area (Å²) in [5, 5.41) is 6.85. The molecule has 4 rings (SSSR count). The first-order chi connectivity index (χ1) is 14.2. The van der Waals surface area contributed by atoms with E-state index in [4.69, 9.17) is 0 Å². The van der Waals surface area contributed by atoms with Crippen LogP contribution in [0.25, 0.3) is 11.3 Å². The molecule has 0 spiro atoms. The standard InChI is InChI=1S/C20H21N7O2/c28-18(15-8-4-11-27(13-15)20-21-9-5-10-22-20)25-26-19(29)17-12-16(23-24-17)14-6-2-1-3-7-14/h1-3,5-7,9-10,12,15H,4,8,11,13H2,(H,23,24)(H,25,28)(H,26,29). The van der Waals surface area contributed by atoms with Crippen LogP contribution < -0.4 is 15.8 Å². The van der Waals surface area contributed by atoms with E-state index >= 15 is 0 Å². The summed E-state index contributed by atoms with van der Waals surface area (Å²) in [7, 11) is 0. The summed E-state index contributed by atoms with van der Waals surface area (Å²) in [6, 6.07) is 12.9. The average molecular weight is 391 g/mol. The quantitative estimate of drug-likeness (QED) is 0.581. The van der Waals surface area contributed by atoms with Crippen LogP contribution in [0.2, 0.25) is 0 Å². The molecular formula is C20H21N7O2. The van der Waals surface area contributed by atoms with Crippen LogP contribution in [0.1, 0.15) is 23.3 Å². The van der Waals surface area contributed by atoms with Gasteiger partial charge in [0.1, 0.15) is 5.69 Å². The summed E-state index contributed by atoms with van der Waals surface area (Å²) in [5.74, 6) is -0.330. The molecule has 0 radical (unpaired) electrons. The number of H-pyrrole nitrogens is 1. The summed E-state index contributed by atoms with van der Waals surface area (Å²) in [6.07, 6.45) is 4.96. The topological polar surface area (TPSA) is 116 Å². The number of hydrazine groups is 1. The zero-order chi connectivity index (χ0) is 20.1. The number of aromatic nitrogens is 4. The molecule has 29 heavy (non-hydrogen) atoms. The van der Waals surface area contributed by atoms with Crippen LogP contribution in [-0.2, 0) is 4.79 Å². The lowest BCUT2D eigenvalue weighted by Gasteiger charge is -2.31. The van der Waals surface area contributed by atoms with Gasteiger partial charge in [-0.15, -0.1) is 0 Å². The Morgan fingerprint density at radius 2 is 1.86 bits per heavy atom. The van der Waals surface area contributed by atoms with Gasteiger partial charge in [-0.3, -0.25) is 25.5 Å². The van der Waals surface area contributed by atoms with Crippen LogP contribution in [0.15, 0.2) is 54.9 Å². The lowest BCUT2D eigenvalue weighted by atomic mass is 9.98. The number of nitrogens with zero attached hydrogens (tertiary/aromatic N) is 4. The number of benzene rings is 1. The Kier molecular flexibility index (Phi) is 5.46. The highest BCUT2D eigenvalue weighted by atomic mass is 16.2. The molecule has 3 N–H and O–H groups in total. The molecule has 9 heteroatoms. The van der Waals surface area contributed by atoms with E-state index < -0.39 is 5.91 Å². The van der Waals surface area contributed by atoms with Crippen molar-refractivity contribution < 1.29 is 9.59 Å². The molecule has 3 aromatic rings. The fraction of sp³-hybridized carbons (Fsp3) is 0.250. The first-order valence-electron chi connectivity index (χ1n) is 9.44. The maximum atomic E-state index is 12.5. The second-order valence-corrected chi connectivity index (χ2v) is 6.81. The van der Waals surface area contributed by atoms with Gasteiger partial charge in [-0.1, -0.05) is 30.3 Å². The molecule has 2 amide bonds. The Bertz CT molecular complexity index is 975. The summed E-state index contributed by atoms with van der Waals surface area (Å²) in [6.45, 7) is 1.31. The second-order valence-electron chi connectivity index (χ2n) is 6.81. The van der Waals surface area contributed by atoms with Crippen molar-refractivity contribution in [2.75, 3.05) is 18.0 Å². The monoisotopic (exact) mass is 391 g/mol. The highest BCUT2D eigenvalue weighted by Gasteiger charge is 2.27. The maximum absolute atomic E-state index is 12.5. The number of nitrogens with one attached hydrogen (secondary N) is 3. The first kappa shape index (κ1) is 18.6. The van der Waals surface area contributed by atoms with Crippen LogP contribution >= 0.6 is 0 Å². The van der Waals surface area contributed by atoms with E-state index in [2.05, 4.69) is 31.0 Å². The minimum Gasteiger partial charge on any atom is -0.340 e. The fourth-order valence-electron chi connectivity index (χ4n) is 3.31. The van der Waals surface area contributed by atoms with Crippen LogP contribution in [0.4, 0.5) is 5.95 Å². The number of carbonyl (C=O) groups is 2. The van der Waals surface area contributed by atoms with Crippen LogP contribution in [0.5, 0.6) is 0 Å². The lowest BCUT2D eigenvalue weighted by Crippen LogP contribution is -2.49. The largest absolute Gasteiger partial charge is 0.340 e. The second kappa shape index (κ2) is 8.51. The van der Waals surface area contributed by atoms with Gasteiger partial charge in [0.2, 0.25) is 11.9 Å². The number of aromatic amines is 1. The van der Waals surface area contributed by atoms with Crippen molar-refractivity contribution in [3.8, 4) is 11.3 Å². The molecule has 1 aliphatic heterocycles. The van der Waals surface area contributed by atoms with Crippen molar-refractivity contribution in [1.82, 2.24) is 31.0 Å². The fourth-order valence-corrected chi connectivity index (χ4v) is 3.31. The number of anilines is 1. The molecule has 1 unspecified atom stereocenters. The molecule has 0 aliphatic carbocycles. The molecule has 9 nitrogen and oxygen atoms in total. The van der Waals surface area contributed by atoms with E-state index in [1.165, 1.54) is 0 Å². The summed E-state index contributed by atoms with van der Waals surface area (Å²) in [5.41, 5.74) is 6.80. The van der Waals surface area contributed by atoms with E-state index in [1.54, 1.807) is 24.5 Å². The molecule has 2 aromatic heterocycles. The zero-order valence-electron chi connectivity index (χ0n) is 15.7. The third kappa shape index (κ3) is 4.40. The van der Waals surface area contributed by atoms with E-state index in [-0.39, 0.29) is 17.5 Å². The Morgan fingerprint density at radius 3 is 2.66 bits per heavy atom. The van der Waals surface area contributed by atoms with Crippen LogP contribution in [-0.4, -0.2) is 45.1 Å². The molecule has 1 aromatic carbocycles. The maximum Gasteiger partial charge on any atom is 0.287 e. The predicted octanol–water partition coefficient (Wildman–Crippen LogP) is 1.54. The van der Waals surface area contributed by atoms with Gasteiger partial charge < -0.3 is 4.90 Å². The highest BCUT2D eigenvalue weighted by molar-refractivity contribution is 5.94. The van der Waals surface area contributed by atoms with Gasteiger partial charge in [0.05, 0.1) is 11.6 Å². The van der Waals surface area contributed by atoms with Crippen molar-refractivity contribution in [1.29, 1.82) is 0 Å². The molecular weight excluding hydrogens is 370 g/mol. The molecule has 1 atom stereocenters. The number of piperidine rings is 1. The number of carbonyl (C=O) groups excluding carboxylic acids is 2. The molecule has 3 heterocycles.